The number of carbonyl (C=O) groups is 1. The summed E-state index contributed by atoms with van der Waals surface area (Å²) in [5, 5.41) is 11.0. The maximum absolute atomic E-state index is 13.3. The molecule has 3 aromatic rings. The first-order valence-corrected chi connectivity index (χ1v) is 8.62. The third-order valence-corrected chi connectivity index (χ3v) is 4.19. The Morgan fingerprint density at radius 1 is 1.37 bits per heavy atom. The maximum Gasteiger partial charge on any atom is 0.274 e. The Labute approximate surface area is 156 Å². The minimum Gasteiger partial charge on any atom is -0.489 e. The molecule has 0 aliphatic carbocycles. The molecule has 0 fully saturated rings. The van der Waals surface area contributed by atoms with E-state index >= 15 is 0 Å². The van der Waals surface area contributed by atoms with Crippen LogP contribution in [-0.2, 0) is 19.7 Å². The number of halogens is 1. The highest BCUT2D eigenvalue weighted by atomic mass is 19.1. The van der Waals surface area contributed by atoms with E-state index in [1.807, 2.05) is 24.7 Å². The largest absolute Gasteiger partial charge is 0.489 e. The van der Waals surface area contributed by atoms with Gasteiger partial charge in [0.25, 0.3) is 5.91 Å². The topological polar surface area (TPSA) is 82.2 Å². The molecule has 0 saturated heterocycles. The van der Waals surface area contributed by atoms with Crippen molar-refractivity contribution < 1.29 is 18.4 Å². The summed E-state index contributed by atoms with van der Waals surface area (Å²) in [7, 11) is 0. The fourth-order valence-electron chi connectivity index (χ4n) is 2.61. The van der Waals surface area contributed by atoms with E-state index in [0.717, 1.165) is 17.8 Å². The van der Waals surface area contributed by atoms with Gasteiger partial charge in [-0.2, -0.15) is 5.10 Å². The summed E-state index contributed by atoms with van der Waals surface area (Å²) in [4.78, 5) is 12.5. The van der Waals surface area contributed by atoms with Gasteiger partial charge in [0.05, 0.1) is 11.3 Å². The van der Waals surface area contributed by atoms with Crippen molar-refractivity contribution in [2.75, 3.05) is 0 Å². The summed E-state index contributed by atoms with van der Waals surface area (Å²) >= 11 is 0. The van der Waals surface area contributed by atoms with Crippen LogP contribution in [0.3, 0.4) is 0 Å². The highest BCUT2D eigenvalue weighted by Gasteiger charge is 2.20. The van der Waals surface area contributed by atoms with Crippen molar-refractivity contribution in [3.63, 3.8) is 0 Å². The smallest absolute Gasteiger partial charge is 0.274 e. The molecule has 0 radical (unpaired) electrons. The molecule has 3 rings (SSSR count). The molecule has 0 bridgehead atoms. The highest BCUT2D eigenvalue weighted by Crippen LogP contribution is 2.19. The molecular formula is C19H21FN4O3. The Morgan fingerprint density at radius 2 is 2.19 bits per heavy atom. The van der Waals surface area contributed by atoms with Crippen LogP contribution in [0.2, 0.25) is 0 Å². The first-order valence-electron chi connectivity index (χ1n) is 8.62. The lowest BCUT2D eigenvalue weighted by Crippen LogP contribution is -2.24. The number of aromatic nitrogens is 3. The van der Waals surface area contributed by atoms with Gasteiger partial charge in [0.2, 0.25) is 0 Å². The van der Waals surface area contributed by atoms with Crippen molar-refractivity contribution in [1.29, 1.82) is 0 Å². The van der Waals surface area contributed by atoms with Gasteiger partial charge in [-0.25, -0.2) is 4.39 Å². The molecule has 0 atom stereocenters. The van der Waals surface area contributed by atoms with E-state index in [4.69, 9.17) is 9.26 Å². The molecule has 2 heterocycles. The third kappa shape index (κ3) is 4.33. The normalized spacial score (nSPS) is 10.8. The Kier molecular flexibility index (Phi) is 5.54. The van der Waals surface area contributed by atoms with Crippen molar-refractivity contribution in [2.45, 2.75) is 40.5 Å². The van der Waals surface area contributed by atoms with Gasteiger partial charge in [0.1, 0.15) is 23.9 Å². The number of nitrogens with one attached hydrogen (secondary N) is 1. The standard InChI is InChI=1S/C19H21FN4O3/c1-4-24-10-14(12(2)22-24)9-21-19(25)18-17(13(3)27-23-18)11-26-16-7-5-6-15(20)8-16/h5-8,10H,4,9,11H2,1-3H3,(H,21,25). The predicted octanol–water partition coefficient (Wildman–Crippen LogP) is 3.16. The lowest BCUT2D eigenvalue weighted by atomic mass is 10.2. The Hall–Kier alpha value is -3.16. The van der Waals surface area contributed by atoms with Gasteiger partial charge >= 0.3 is 0 Å². The van der Waals surface area contributed by atoms with Crippen LogP contribution < -0.4 is 10.1 Å². The first kappa shape index (κ1) is 18.6. The fourth-order valence-corrected chi connectivity index (χ4v) is 2.61. The van der Waals surface area contributed by atoms with Crippen molar-refractivity contribution in [3.8, 4) is 5.75 Å². The number of aryl methyl sites for hydroxylation is 3. The van der Waals surface area contributed by atoms with Crippen molar-refractivity contribution in [1.82, 2.24) is 20.3 Å². The summed E-state index contributed by atoms with van der Waals surface area (Å²) in [5.74, 6) is 0.0833. The van der Waals surface area contributed by atoms with Crippen LogP contribution in [0.15, 0.2) is 35.0 Å². The number of ether oxygens (including phenoxy) is 1. The second kappa shape index (κ2) is 8.03. The zero-order valence-electron chi connectivity index (χ0n) is 15.5. The quantitative estimate of drug-likeness (QED) is 0.689. The van der Waals surface area contributed by atoms with Gasteiger partial charge in [0.15, 0.2) is 5.69 Å². The summed E-state index contributed by atoms with van der Waals surface area (Å²) in [6, 6.07) is 5.80. The lowest BCUT2D eigenvalue weighted by Gasteiger charge is -2.07. The van der Waals surface area contributed by atoms with Gasteiger partial charge in [-0.15, -0.1) is 0 Å². The molecule has 2 aromatic heterocycles. The third-order valence-electron chi connectivity index (χ3n) is 4.19. The van der Waals surface area contributed by atoms with Crippen LogP contribution in [0.5, 0.6) is 5.75 Å². The minimum absolute atomic E-state index is 0.0499. The summed E-state index contributed by atoms with van der Waals surface area (Å²) in [5.41, 5.74) is 2.48. The molecule has 27 heavy (non-hydrogen) atoms. The minimum atomic E-state index is -0.393. The van der Waals surface area contributed by atoms with Crippen LogP contribution in [0.1, 0.15) is 40.0 Å². The van der Waals surface area contributed by atoms with Crippen molar-refractivity contribution in [3.05, 3.63) is 64.6 Å². The van der Waals surface area contributed by atoms with E-state index in [-0.39, 0.29) is 18.2 Å². The number of amides is 1. The van der Waals surface area contributed by atoms with Gasteiger partial charge in [0, 0.05) is 30.9 Å². The molecule has 1 N–H and O–H groups in total. The first-order chi connectivity index (χ1) is 13.0. The summed E-state index contributed by atoms with van der Waals surface area (Å²) in [6.45, 7) is 6.74. The van der Waals surface area contributed by atoms with Gasteiger partial charge < -0.3 is 14.6 Å². The number of rotatable bonds is 7. The second-order valence-electron chi connectivity index (χ2n) is 6.09. The highest BCUT2D eigenvalue weighted by molar-refractivity contribution is 5.93. The Morgan fingerprint density at radius 3 is 2.89 bits per heavy atom. The van der Waals surface area contributed by atoms with Crippen LogP contribution in [0.4, 0.5) is 4.39 Å². The van der Waals surface area contributed by atoms with E-state index in [1.54, 1.807) is 19.1 Å². The molecule has 0 unspecified atom stereocenters. The number of nitrogens with zero attached hydrogens (tertiary/aromatic N) is 3. The van der Waals surface area contributed by atoms with Crippen LogP contribution in [0, 0.1) is 19.7 Å². The monoisotopic (exact) mass is 372 g/mol. The van der Waals surface area contributed by atoms with Gasteiger partial charge in [-0.05, 0) is 32.9 Å². The van der Waals surface area contributed by atoms with Crippen LogP contribution >= 0.6 is 0 Å². The van der Waals surface area contributed by atoms with Gasteiger partial charge in [-0.1, -0.05) is 11.2 Å². The molecule has 0 aliphatic rings. The average Bonchev–Trinajstić information content (AvgIpc) is 3.20. The van der Waals surface area contributed by atoms with E-state index in [0.29, 0.717) is 23.6 Å². The average molecular weight is 372 g/mol. The zero-order chi connectivity index (χ0) is 19.4. The Bertz CT molecular complexity index is 948. The molecule has 7 nitrogen and oxygen atoms in total. The van der Waals surface area contributed by atoms with E-state index in [1.165, 1.54) is 12.1 Å². The molecule has 142 valence electrons. The molecule has 1 amide bonds. The number of hydrogen-bond acceptors (Lipinski definition) is 5. The van der Waals surface area contributed by atoms with Crippen molar-refractivity contribution in [2.24, 2.45) is 0 Å². The van der Waals surface area contributed by atoms with E-state index in [9.17, 15) is 9.18 Å². The molecule has 0 saturated carbocycles. The molecule has 1 aromatic carbocycles. The summed E-state index contributed by atoms with van der Waals surface area (Å²) < 4.78 is 25.8. The molecule has 0 aliphatic heterocycles. The van der Waals surface area contributed by atoms with Gasteiger partial charge in [-0.3, -0.25) is 9.48 Å². The fraction of sp³-hybridized carbons (Fsp3) is 0.316. The number of hydrogen-bond donors (Lipinski definition) is 1. The molecule has 8 heteroatoms. The van der Waals surface area contributed by atoms with Crippen LogP contribution in [0.25, 0.3) is 0 Å². The van der Waals surface area contributed by atoms with Crippen LogP contribution in [-0.4, -0.2) is 20.8 Å². The maximum atomic E-state index is 13.3. The van der Waals surface area contributed by atoms with Crippen molar-refractivity contribution >= 4 is 5.91 Å². The zero-order valence-corrected chi connectivity index (χ0v) is 15.5. The summed E-state index contributed by atoms with van der Waals surface area (Å²) in [6.07, 6.45) is 1.90. The SMILES string of the molecule is CCn1cc(CNC(=O)c2noc(C)c2COc2cccc(F)c2)c(C)n1. The van der Waals surface area contributed by atoms with E-state index < -0.39 is 5.82 Å². The molecule has 0 spiro atoms. The Balaban J connectivity index is 1.67. The lowest BCUT2D eigenvalue weighted by molar-refractivity contribution is 0.0939. The number of carbonyl (C=O) groups excluding carboxylic acids is 1. The predicted molar refractivity (Wildman–Crippen MR) is 95.8 cm³/mol. The second-order valence-corrected chi connectivity index (χ2v) is 6.09. The van der Waals surface area contributed by atoms with E-state index in [2.05, 4.69) is 15.6 Å². The molecular weight excluding hydrogens is 351 g/mol. The number of benzene rings is 1.